The van der Waals surface area contributed by atoms with Crippen LogP contribution in [0.3, 0.4) is 0 Å². The topological polar surface area (TPSA) is 12.9 Å². The predicted octanol–water partition coefficient (Wildman–Crippen LogP) is 7.49. The Labute approximate surface area is 249 Å². The van der Waals surface area contributed by atoms with Crippen LogP contribution in [-0.2, 0) is 20.1 Å². The summed E-state index contributed by atoms with van der Waals surface area (Å²) in [6, 6.07) is 54.5. The average molecular weight is 723 g/mol. The number of halogens is 2. The standard InChI is InChI=1S/C18H15P.C11H6F2N.C6H5.Ir/c1-4-10-16(11-5-1)19(17-12-6-2-7-13-17)18-14-8-3-9-15-18;12-8-4-5-9(10(13)7-8)11-3-1-2-6-14-11;1-2-4-6-5-3-1;/h1-15H;1-4,6-7H;1-5H;/q;2*-1;/p+1. The molecule has 0 atom stereocenters. The molecular weight excluding hydrogens is 696 g/mol. The van der Waals surface area contributed by atoms with Gasteiger partial charge in [-0.3, -0.25) is 8.78 Å². The average Bonchev–Trinajstić information content (AvgIpc) is 3.01. The second-order valence-corrected chi connectivity index (χ2v) is 10.8. The van der Waals surface area contributed by atoms with Crippen LogP contribution < -0.4 is 15.9 Å². The van der Waals surface area contributed by atoms with Crippen LogP contribution in [0.4, 0.5) is 8.78 Å². The zero-order valence-corrected chi connectivity index (χ0v) is 24.9. The Hall–Kier alpha value is -3.81. The summed E-state index contributed by atoms with van der Waals surface area (Å²) in [6.07, 6.45) is 1.55. The van der Waals surface area contributed by atoms with Gasteiger partial charge < -0.3 is 4.98 Å². The van der Waals surface area contributed by atoms with Crippen molar-refractivity contribution in [1.29, 1.82) is 0 Å². The van der Waals surface area contributed by atoms with Crippen LogP contribution >= 0.6 is 7.92 Å². The van der Waals surface area contributed by atoms with Gasteiger partial charge in [-0.15, -0.1) is 12.1 Å². The van der Waals surface area contributed by atoms with Gasteiger partial charge in [0.05, 0.1) is 7.92 Å². The molecule has 5 aromatic carbocycles. The van der Waals surface area contributed by atoms with E-state index in [2.05, 4.69) is 108 Å². The number of pyridine rings is 1. The fourth-order valence-electron chi connectivity index (χ4n) is 3.81. The van der Waals surface area contributed by atoms with Gasteiger partial charge in [0, 0.05) is 37.9 Å². The van der Waals surface area contributed by atoms with Crippen LogP contribution in [0.25, 0.3) is 11.3 Å². The molecule has 201 valence electrons. The van der Waals surface area contributed by atoms with E-state index in [1.165, 1.54) is 15.9 Å². The van der Waals surface area contributed by atoms with Gasteiger partial charge in [0.2, 0.25) is 0 Å². The van der Waals surface area contributed by atoms with E-state index < -0.39 is 19.6 Å². The van der Waals surface area contributed by atoms with Crippen LogP contribution in [0, 0.1) is 23.8 Å². The number of rotatable bonds is 4. The Balaban J connectivity index is 0.000000184. The Bertz CT molecular complexity index is 1380. The minimum atomic E-state index is -0.877. The Morgan fingerprint density at radius 2 is 1.05 bits per heavy atom. The predicted molar refractivity (Wildman–Crippen MR) is 160 cm³/mol. The zero-order chi connectivity index (χ0) is 27.1. The SMILES string of the molecule is Fc1c[c-]c(-c2ccccn2)c(F)c1.[Ir].[c-]1ccccc1.c1ccc([PH+](c2ccccc2)c2ccccc2)cc1. The molecule has 1 heterocycles. The van der Waals surface area contributed by atoms with Crippen molar-refractivity contribution in [2.45, 2.75) is 0 Å². The van der Waals surface area contributed by atoms with Crippen molar-refractivity contribution in [3.05, 3.63) is 182 Å². The molecule has 40 heavy (non-hydrogen) atoms. The largest absolute Gasteiger partial charge is 0.305 e. The summed E-state index contributed by atoms with van der Waals surface area (Å²) in [5.41, 5.74) is 0.636. The van der Waals surface area contributed by atoms with Gasteiger partial charge >= 0.3 is 0 Å². The fraction of sp³-hybridized carbons (Fsp3) is 0. The molecule has 6 aromatic rings. The van der Waals surface area contributed by atoms with Gasteiger partial charge in [-0.2, -0.15) is 36.4 Å². The molecule has 0 bridgehead atoms. The maximum absolute atomic E-state index is 13.2. The fourth-order valence-corrected chi connectivity index (χ4v) is 6.39. The van der Waals surface area contributed by atoms with Crippen LogP contribution in [0.2, 0.25) is 0 Å². The number of hydrogen-bond acceptors (Lipinski definition) is 1. The van der Waals surface area contributed by atoms with Crippen molar-refractivity contribution in [2.24, 2.45) is 0 Å². The van der Waals surface area contributed by atoms with Crippen molar-refractivity contribution in [2.75, 3.05) is 0 Å². The first-order chi connectivity index (χ1) is 19.2. The van der Waals surface area contributed by atoms with Crippen molar-refractivity contribution >= 4 is 23.8 Å². The summed E-state index contributed by atoms with van der Waals surface area (Å²) in [4.78, 5) is 3.95. The molecule has 0 aliphatic carbocycles. The summed E-state index contributed by atoms with van der Waals surface area (Å²) < 4.78 is 25.8. The second kappa shape index (κ2) is 17.0. The van der Waals surface area contributed by atoms with E-state index >= 15 is 0 Å². The van der Waals surface area contributed by atoms with Crippen molar-refractivity contribution in [3.8, 4) is 11.3 Å². The minimum Gasteiger partial charge on any atom is -0.305 e. The summed E-state index contributed by atoms with van der Waals surface area (Å²) in [5, 5.41) is 4.31. The van der Waals surface area contributed by atoms with Gasteiger partial charge in [-0.25, -0.2) is 0 Å². The third-order valence-corrected chi connectivity index (χ3v) is 8.31. The number of aromatic nitrogens is 1. The molecular formula is C35H27F2IrNP-. The molecule has 6 rings (SSSR count). The van der Waals surface area contributed by atoms with E-state index in [0.717, 1.165) is 12.1 Å². The molecule has 1 nitrogen and oxygen atoms in total. The molecule has 0 spiro atoms. The Kier molecular flexibility index (Phi) is 13.1. The summed E-state index contributed by atoms with van der Waals surface area (Å²) in [5.74, 6) is -1.29. The summed E-state index contributed by atoms with van der Waals surface area (Å²) in [7, 11) is -0.877. The van der Waals surface area contributed by atoms with E-state index in [1.807, 2.05) is 30.3 Å². The molecule has 0 unspecified atom stereocenters. The van der Waals surface area contributed by atoms with Gasteiger partial charge in [0.15, 0.2) is 0 Å². The smallest absolute Gasteiger partial charge is 0.102 e. The molecule has 0 aliphatic rings. The van der Waals surface area contributed by atoms with Crippen molar-refractivity contribution < 1.29 is 28.9 Å². The molecule has 5 heteroatoms. The third kappa shape index (κ3) is 9.43. The first-order valence-corrected chi connectivity index (χ1v) is 13.9. The van der Waals surface area contributed by atoms with E-state index in [9.17, 15) is 8.78 Å². The van der Waals surface area contributed by atoms with Crippen LogP contribution in [0.5, 0.6) is 0 Å². The van der Waals surface area contributed by atoms with Crippen molar-refractivity contribution in [1.82, 2.24) is 4.98 Å². The van der Waals surface area contributed by atoms with E-state index in [-0.39, 0.29) is 25.7 Å². The quantitative estimate of drug-likeness (QED) is 0.136. The second-order valence-electron chi connectivity index (χ2n) is 8.31. The van der Waals surface area contributed by atoms with E-state index in [4.69, 9.17) is 0 Å². The summed E-state index contributed by atoms with van der Waals surface area (Å²) in [6.45, 7) is 0. The molecule has 0 saturated heterocycles. The number of hydrogen-bond donors (Lipinski definition) is 0. The molecule has 1 radical (unpaired) electrons. The van der Waals surface area contributed by atoms with Gasteiger partial charge in [-0.1, -0.05) is 78.4 Å². The number of benzene rings is 5. The van der Waals surface area contributed by atoms with Crippen LogP contribution in [0.15, 0.2) is 158 Å². The van der Waals surface area contributed by atoms with Crippen molar-refractivity contribution in [3.63, 3.8) is 0 Å². The zero-order valence-electron chi connectivity index (χ0n) is 21.5. The first kappa shape index (κ1) is 30.7. The molecule has 1 aromatic heterocycles. The van der Waals surface area contributed by atoms with Gasteiger partial charge in [0.1, 0.15) is 15.9 Å². The Morgan fingerprint density at radius 3 is 1.43 bits per heavy atom. The van der Waals surface area contributed by atoms with Crippen LogP contribution in [0.1, 0.15) is 0 Å². The molecule has 0 aliphatic heterocycles. The van der Waals surface area contributed by atoms with Gasteiger partial charge in [0.25, 0.3) is 0 Å². The summed E-state index contributed by atoms with van der Waals surface area (Å²) >= 11 is 0. The monoisotopic (exact) mass is 723 g/mol. The van der Waals surface area contributed by atoms with E-state index in [0.29, 0.717) is 5.69 Å². The molecule has 0 saturated carbocycles. The molecule has 0 N–H and O–H groups in total. The molecule has 0 fully saturated rings. The molecule has 0 amide bonds. The maximum Gasteiger partial charge on any atom is 0.102 e. The minimum absolute atomic E-state index is 0. The van der Waals surface area contributed by atoms with E-state index in [1.54, 1.807) is 24.4 Å². The normalized spacial score (nSPS) is 9.78. The Morgan fingerprint density at radius 1 is 0.575 bits per heavy atom. The van der Waals surface area contributed by atoms with Crippen LogP contribution in [-0.4, -0.2) is 4.98 Å². The number of nitrogens with zero attached hydrogens (tertiary/aromatic N) is 1. The maximum atomic E-state index is 13.2. The third-order valence-electron chi connectivity index (χ3n) is 5.57. The first-order valence-electron chi connectivity index (χ1n) is 12.4. The van der Waals surface area contributed by atoms with Gasteiger partial charge in [-0.05, 0) is 48.2 Å².